The van der Waals surface area contributed by atoms with E-state index in [4.69, 9.17) is 12.2 Å². The Morgan fingerprint density at radius 3 is 2.56 bits per heavy atom. The molecule has 0 aromatic heterocycles. The SMILES string of the molecule is Cc1cc(C)cc(NC(=S)N2CCCC(C)C2)c1. The number of likely N-dealkylation sites (tertiary alicyclic amines) is 1. The Morgan fingerprint density at radius 2 is 1.94 bits per heavy atom. The summed E-state index contributed by atoms with van der Waals surface area (Å²) in [6.45, 7) is 8.69. The number of aryl methyl sites for hydroxylation is 2. The second kappa shape index (κ2) is 5.70. The fourth-order valence-electron chi connectivity index (χ4n) is 2.62. The van der Waals surface area contributed by atoms with Gasteiger partial charge < -0.3 is 10.2 Å². The molecule has 1 N–H and O–H groups in total. The molecule has 0 spiro atoms. The van der Waals surface area contributed by atoms with Gasteiger partial charge in [-0.3, -0.25) is 0 Å². The van der Waals surface area contributed by atoms with Gasteiger partial charge in [0.2, 0.25) is 0 Å². The van der Waals surface area contributed by atoms with Gasteiger partial charge in [-0.15, -0.1) is 0 Å². The Bertz CT molecular complexity index is 422. The van der Waals surface area contributed by atoms with E-state index in [9.17, 15) is 0 Å². The first-order valence-electron chi connectivity index (χ1n) is 6.69. The maximum Gasteiger partial charge on any atom is 0.173 e. The number of benzene rings is 1. The first kappa shape index (κ1) is 13.3. The largest absolute Gasteiger partial charge is 0.349 e. The number of anilines is 1. The molecular formula is C15H22N2S. The molecule has 0 aliphatic carbocycles. The molecule has 0 bridgehead atoms. The summed E-state index contributed by atoms with van der Waals surface area (Å²) in [4.78, 5) is 2.29. The van der Waals surface area contributed by atoms with Gasteiger partial charge in [-0.1, -0.05) is 13.0 Å². The number of thiocarbonyl (C=S) groups is 1. The molecule has 0 radical (unpaired) electrons. The summed E-state index contributed by atoms with van der Waals surface area (Å²) in [5.74, 6) is 0.748. The molecule has 1 aromatic rings. The molecule has 1 unspecified atom stereocenters. The molecule has 1 heterocycles. The molecule has 1 saturated heterocycles. The number of nitrogens with zero attached hydrogens (tertiary/aromatic N) is 1. The Balaban J connectivity index is 2.02. The van der Waals surface area contributed by atoms with E-state index in [0.29, 0.717) is 0 Å². The Labute approximate surface area is 115 Å². The van der Waals surface area contributed by atoms with E-state index < -0.39 is 0 Å². The third-order valence-corrected chi connectivity index (χ3v) is 3.78. The summed E-state index contributed by atoms with van der Waals surface area (Å²) >= 11 is 5.51. The highest BCUT2D eigenvalue weighted by Crippen LogP contribution is 2.18. The quantitative estimate of drug-likeness (QED) is 0.776. The van der Waals surface area contributed by atoms with E-state index in [0.717, 1.165) is 29.8 Å². The van der Waals surface area contributed by atoms with Crippen LogP contribution in [0.5, 0.6) is 0 Å². The van der Waals surface area contributed by atoms with Gasteiger partial charge in [0, 0.05) is 18.8 Å². The number of nitrogens with one attached hydrogen (secondary N) is 1. The standard InChI is InChI=1S/C15H22N2S/c1-11-5-4-6-17(10-11)15(18)16-14-8-12(2)7-13(3)9-14/h7-9,11H,4-6,10H2,1-3H3,(H,16,18). The average molecular weight is 262 g/mol. The van der Waals surface area contributed by atoms with Gasteiger partial charge >= 0.3 is 0 Å². The van der Waals surface area contributed by atoms with Gasteiger partial charge in [0.1, 0.15) is 0 Å². The van der Waals surface area contributed by atoms with Crippen LogP contribution in [0.3, 0.4) is 0 Å². The monoisotopic (exact) mass is 262 g/mol. The zero-order chi connectivity index (χ0) is 13.1. The van der Waals surface area contributed by atoms with Gasteiger partial charge in [0.15, 0.2) is 5.11 Å². The minimum absolute atomic E-state index is 0.748. The molecule has 2 nitrogen and oxygen atoms in total. The summed E-state index contributed by atoms with van der Waals surface area (Å²) in [7, 11) is 0. The molecular weight excluding hydrogens is 240 g/mol. The van der Waals surface area contributed by atoms with Crippen LogP contribution in [0, 0.1) is 19.8 Å². The maximum atomic E-state index is 5.51. The molecule has 1 atom stereocenters. The summed E-state index contributed by atoms with van der Waals surface area (Å²) in [6.07, 6.45) is 2.57. The Morgan fingerprint density at radius 1 is 1.28 bits per heavy atom. The van der Waals surface area contributed by atoms with Crippen LogP contribution >= 0.6 is 12.2 Å². The van der Waals surface area contributed by atoms with Crippen molar-refractivity contribution in [3.63, 3.8) is 0 Å². The van der Waals surface area contributed by atoms with Crippen LogP contribution in [0.2, 0.25) is 0 Å². The lowest BCUT2D eigenvalue weighted by atomic mass is 10.0. The second-order valence-electron chi connectivity index (χ2n) is 5.50. The van der Waals surface area contributed by atoms with Gasteiger partial charge in [-0.05, 0) is 68.1 Å². The lowest BCUT2D eigenvalue weighted by Gasteiger charge is -2.33. The van der Waals surface area contributed by atoms with Gasteiger partial charge in [0.25, 0.3) is 0 Å². The maximum absolute atomic E-state index is 5.51. The predicted molar refractivity (Wildman–Crippen MR) is 82.1 cm³/mol. The fourth-order valence-corrected chi connectivity index (χ4v) is 2.91. The van der Waals surface area contributed by atoms with Gasteiger partial charge in [0.05, 0.1) is 0 Å². The molecule has 1 aliphatic rings. The van der Waals surface area contributed by atoms with Gasteiger partial charge in [-0.2, -0.15) is 0 Å². The lowest BCUT2D eigenvalue weighted by Crippen LogP contribution is -2.41. The van der Waals surface area contributed by atoms with Crippen molar-refractivity contribution in [3.05, 3.63) is 29.3 Å². The van der Waals surface area contributed by atoms with E-state index in [-0.39, 0.29) is 0 Å². The molecule has 1 fully saturated rings. The number of rotatable bonds is 1. The lowest BCUT2D eigenvalue weighted by molar-refractivity contribution is 0.276. The summed E-state index contributed by atoms with van der Waals surface area (Å²) in [5.41, 5.74) is 3.65. The first-order chi connectivity index (χ1) is 8.54. The van der Waals surface area contributed by atoms with Crippen molar-refractivity contribution in [2.45, 2.75) is 33.6 Å². The van der Waals surface area contributed by atoms with Crippen molar-refractivity contribution >= 4 is 23.0 Å². The summed E-state index contributed by atoms with van der Waals surface area (Å²) in [5, 5.41) is 4.24. The van der Waals surface area contributed by atoms with Gasteiger partial charge in [-0.25, -0.2) is 0 Å². The van der Waals surface area contributed by atoms with Crippen LogP contribution in [0.25, 0.3) is 0 Å². The predicted octanol–water partition coefficient (Wildman–Crippen LogP) is 3.73. The first-order valence-corrected chi connectivity index (χ1v) is 7.09. The molecule has 2 rings (SSSR count). The molecule has 18 heavy (non-hydrogen) atoms. The van der Waals surface area contributed by atoms with E-state index in [2.05, 4.69) is 49.2 Å². The number of hydrogen-bond donors (Lipinski definition) is 1. The molecule has 98 valence electrons. The number of piperidine rings is 1. The second-order valence-corrected chi connectivity index (χ2v) is 5.89. The van der Waals surface area contributed by atoms with Crippen molar-refractivity contribution < 1.29 is 0 Å². The molecule has 1 aromatic carbocycles. The van der Waals surface area contributed by atoms with Crippen molar-refractivity contribution in [1.82, 2.24) is 4.90 Å². The topological polar surface area (TPSA) is 15.3 Å². The van der Waals surface area contributed by atoms with Crippen LogP contribution in [0.4, 0.5) is 5.69 Å². The molecule has 3 heteroatoms. The zero-order valence-electron chi connectivity index (χ0n) is 11.5. The summed E-state index contributed by atoms with van der Waals surface area (Å²) in [6, 6.07) is 6.47. The zero-order valence-corrected chi connectivity index (χ0v) is 12.3. The minimum atomic E-state index is 0.748. The van der Waals surface area contributed by atoms with Crippen molar-refractivity contribution in [1.29, 1.82) is 0 Å². The van der Waals surface area contributed by atoms with E-state index in [1.54, 1.807) is 0 Å². The van der Waals surface area contributed by atoms with E-state index in [1.165, 1.54) is 24.0 Å². The number of hydrogen-bond acceptors (Lipinski definition) is 1. The molecule has 0 amide bonds. The van der Waals surface area contributed by atoms with Crippen molar-refractivity contribution in [3.8, 4) is 0 Å². The third-order valence-electron chi connectivity index (χ3n) is 3.42. The average Bonchev–Trinajstić information content (AvgIpc) is 2.27. The van der Waals surface area contributed by atoms with Crippen LogP contribution in [-0.2, 0) is 0 Å². The smallest absolute Gasteiger partial charge is 0.173 e. The minimum Gasteiger partial charge on any atom is -0.349 e. The van der Waals surface area contributed by atoms with Crippen molar-refractivity contribution in [2.75, 3.05) is 18.4 Å². The Hall–Kier alpha value is -1.09. The third kappa shape index (κ3) is 3.45. The van der Waals surface area contributed by atoms with E-state index >= 15 is 0 Å². The van der Waals surface area contributed by atoms with Crippen LogP contribution in [0.15, 0.2) is 18.2 Å². The van der Waals surface area contributed by atoms with Crippen molar-refractivity contribution in [2.24, 2.45) is 5.92 Å². The highest BCUT2D eigenvalue weighted by Gasteiger charge is 2.18. The summed E-state index contributed by atoms with van der Waals surface area (Å²) < 4.78 is 0. The highest BCUT2D eigenvalue weighted by molar-refractivity contribution is 7.80. The normalized spacial score (nSPS) is 19.7. The van der Waals surface area contributed by atoms with Crippen LogP contribution in [-0.4, -0.2) is 23.1 Å². The highest BCUT2D eigenvalue weighted by atomic mass is 32.1. The van der Waals surface area contributed by atoms with Crippen LogP contribution in [0.1, 0.15) is 30.9 Å². The van der Waals surface area contributed by atoms with Crippen LogP contribution < -0.4 is 5.32 Å². The molecule has 1 aliphatic heterocycles. The Kier molecular flexibility index (Phi) is 4.23. The molecule has 0 saturated carbocycles. The van der Waals surface area contributed by atoms with E-state index in [1.807, 2.05) is 0 Å². The fraction of sp³-hybridized carbons (Fsp3) is 0.533.